The van der Waals surface area contributed by atoms with Gasteiger partial charge in [-0.05, 0) is 71.6 Å². The number of aromatic hydroxyl groups is 2. The highest BCUT2D eigenvalue weighted by Gasteiger charge is 2.41. The van der Waals surface area contributed by atoms with Gasteiger partial charge in [-0.25, -0.2) is 4.99 Å². The molecule has 2 aromatic carbocycles. The summed E-state index contributed by atoms with van der Waals surface area (Å²) in [5.41, 5.74) is 0.428. The molecule has 1 saturated heterocycles. The number of likely N-dealkylation sites (tertiary alicyclic amines) is 1. The van der Waals surface area contributed by atoms with Gasteiger partial charge in [-0.15, -0.1) is 0 Å². The van der Waals surface area contributed by atoms with E-state index in [2.05, 4.69) is 36.0 Å². The summed E-state index contributed by atoms with van der Waals surface area (Å²) in [6.45, 7) is 21.4. The third-order valence-electron chi connectivity index (χ3n) is 11.7. The van der Waals surface area contributed by atoms with Crippen LogP contribution in [0.15, 0.2) is 45.9 Å². The molecule has 0 saturated carbocycles. The van der Waals surface area contributed by atoms with Crippen molar-refractivity contribution in [1.29, 1.82) is 0 Å². The minimum Gasteiger partial charge on any atom is -0.507 e. The lowest BCUT2D eigenvalue weighted by Gasteiger charge is -2.38. The van der Waals surface area contributed by atoms with Gasteiger partial charge in [0, 0.05) is 61.3 Å². The summed E-state index contributed by atoms with van der Waals surface area (Å²) in [6.07, 6.45) is 10.8. The molecule has 58 heavy (non-hydrogen) atoms. The van der Waals surface area contributed by atoms with Gasteiger partial charge in [-0.1, -0.05) is 65.0 Å². The van der Waals surface area contributed by atoms with Gasteiger partial charge in [0.25, 0.3) is 5.91 Å². The Balaban J connectivity index is 1.71. The van der Waals surface area contributed by atoms with E-state index in [0.717, 1.165) is 19.6 Å². The highest BCUT2D eigenvalue weighted by Crippen LogP contribution is 2.47. The molecule has 0 aliphatic carbocycles. The molecule has 3 unspecified atom stereocenters. The number of carbonyl (C=O) groups excluding carboxylic acids is 2. The van der Waals surface area contributed by atoms with Crippen LogP contribution < -0.4 is 20.8 Å². The molecule has 3 heterocycles. The summed E-state index contributed by atoms with van der Waals surface area (Å²) in [5, 5.41) is 50.0. The van der Waals surface area contributed by atoms with Crippen molar-refractivity contribution in [2.45, 2.75) is 131 Å². The maximum atomic E-state index is 14.5. The number of phenols is 2. The molecule has 5 atom stereocenters. The van der Waals surface area contributed by atoms with Crippen LogP contribution in [0.1, 0.15) is 117 Å². The molecule has 318 valence electrons. The number of carbonyl (C=O) groups is 2. The second-order valence-corrected chi connectivity index (χ2v) is 17.7. The van der Waals surface area contributed by atoms with E-state index >= 15 is 0 Å². The van der Waals surface area contributed by atoms with Crippen LogP contribution in [0.2, 0.25) is 0 Å². The number of phenolic OH excluding ortho intramolecular Hbond substituents is 2. The number of aliphatic hydroxyl groups is 2. The zero-order valence-electron chi connectivity index (χ0n) is 36.2. The number of hydrogen-bond donors (Lipinski definition) is 5. The van der Waals surface area contributed by atoms with Crippen LogP contribution in [0.5, 0.6) is 17.2 Å². The second-order valence-electron chi connectivity index (χ2n) is 17.7. The molecular weight excluding hydrogens is 737 g/mol. The van der Waals surface area contributed by atoms with Gasteiger partial charge >= 0.3 is 0 Å². The molecule has 3 aliphatic rings. The minimum absolute atomic E-state index is 0.00150. The maximum absolute atomic E-state index is 14.5. The number of piperidine rings is 1. The smallest absolute Gasteiger partial charge is 0.273 e. The van der Waals surface area contributed by atoms with Crippen molar-refractivity contribution in [2.75, 3.05) is 31.6 Å². The topological polar surface area (TPSA) is 174 Å². The first kappa shape index (κ1) is 45.0. The molecule has 2 bridgehead atoms. The Bertz CT molecular complexity index is 2070. The first-order chi connectivity index (χ1) is 27.3. The molecule has 1 fully saturated rings. The fourth-order valence-corrected chi connectivity index (χ4v) is 8.73. The molecule has 5 rings (SSSR count). The average Bonchev–Trinajstić information content (AvgIpc) is 3.52. The Hall–Kier alpha value is -4.10. The van der Waals surface area contributed by atoms with E-state index in [1.807, 2.05) is 32.1 Å². The van der Waals surface area contributed by atoms with Crippen LogP contribution in [0.3, 0.4) is 0 Å². The Morgan fingerprint density at radius 3 is 2.36 bits per heavy atom. The van der Waals surface area contributed by atoms with Crippen molar-refractivity contribution >= 4 is 28.2 Å². The average molecular weight is 803 g/mol. The number of Topliss-reactive ketones (excluding diaryl/α,β-unsaturated/α-hetero) is 1. The molecule has 0 aromatic heterocycles. The number of nitrogens with zero attached hydrogens (tertiary/aromatic N) is 3. The van der Waals surface area contributed by atoms with Gasteiger partial charge < -0.3 is 40.1 Å². The van der Waals surface area contributed by atoms with E-state index in [1.54, 1.807) is 46.8 Å². The highest BCUT2D eigenvalue weighted by molar-refractivity contribution is 6.18. The molecule has 2 aromatic rings. The van der Waals surface area contributed by atoms with Gasteiger partial charge in [0.2, 0.25) is 0 Å². The van der Waals surface area contributed by atoms with Crippen LogP contribution in [0, 0.1) is 30.6 Å². The van der Waals surface area contributed by atoms with Crippen molar-refractivity contribution in [2.24, 2.45) is 33.7 Å². The number of allylic oxidation sites excluding steroid dienone is 5. The summed E-state index contributed by atoms with van der Waals surface area (Å²) in [6, 6.07) is 0. The summed E-state index contributed by atoms with van der Waals surface area (Å²) in [5.74, 6) is -2.58. The van der Waals surface area contributed by atoms with Crippen molar-refractivity contribution in [3.8, 4) is 17.2 Å². The summed E-state index contributed by atoms with van der Waals surface area (Å²) in [4.78, 5) is 40.4. The molecule has 12 heteroatoms. The number of ketones is 1. The molecule has 5 N–H and O–H groups in total. The van der Waals surface area contributed by atoms with Crippen LogP contribution in [-0.2, 0) is 9.53 Å². The summed E-state index contributed by atoms with van der Waals surface area (Å²) in [7, 11) is 0. The Morgan fingerprint density at radius 2 is 1.72 bits per heavy atom. The van der Waals surface area contributed by atoms with Crippen LogP contribution in [0.4, 0.5) is 5.69 Å². The van der Waals surface area contributed by atoms with E-state index < -0.39 is 35.3 Å². The van der Waals surface area contributed by atoms with Gasteiger partial charge in [0.05, 0.1) is 35.5 Å². The molecule has 0 radical (unpaired) electrons. The fraction of sp³-hybridized carbons (Fsp3) is 0.609. The lowest BCUT2D eigenvalue weighted by Crippen LogP contribution is -2.47. The number of nitrogens with one attached hydrogen (secondary N) is 1. The summed E-state index contributed by atoms with van der Waals surface area (Å²) < 4.78 is 12.2. The predicted molar refractivity (Wildman–Crippen MR) is 227 cm³/mol. The van der Waals surface area contributed by atoms with Crippen molar-refractivity contribution in [3.63, 3.8) is 0 Å². The number of rotatable bonds is 6. The van der Waals surface area contributed by atoms with Crippen LogP contribution in [0.25, 0.3) is 10.8 Å². The largest absolute Gasteiger partial charge is 0.507 e. The number of ether oxygens (including phenoxy) is 2. The maximum Gasteiger partial charge on any atom is 0.273 e. The lowest BCUT2D eigenvalue weighted by molar-refractivity contribution is -0.234. The Labute approximate surface area is 343 Å². The summed E-state index contributed by atoms with van der Waals surface area (Å²) >= 11 is 0. The number of hydrogen-bond acceptors (Lipinski definition) is 11. The zero-order valence-corrected chi connectivity index (χ0v) is 36.2. The van der Waals surface area contributed by atoms with E-state index in [-0.39, 0.29) is 80.7 Å². The third kappa shape index (κ3) is 10.0. The monoisotopic (exact) mass is 802 g/mol. The molecule has 1 spiro atoms. The lowest BCUT2D eigenvalue weighted by atomic mass is 9.83. The van der Waals surface area contributed by atoms with Crippen LogP contribution >= 0.6 is 0 Å². The highest BCUT2D eigenvalue weighted by atomic mass is 16.6. The number of anilines is 1. The van der Waals surface area contributed by atoms with E-state index in [0.29, 0.717) is 49.3 Å². The van der Waals surface area contributed by atoms with E-state index in [4.69, 9.17) is 14.5 Å². The van der Waals surface area contributed by atoms with Gasteiger partial charge in [0.15, 0.2) is 17.3 Å². The number of benzene rings is 2. The quantitative estimate of drug-likeness (QED) is 0.119. The van der Waals surface area contributed by atoms with Gasteiger partial charge in [-0.3, -0.25) is 14.6 Å². The van der Waals surface area contributed by atoms with Crippen molar-refractivity contribution in [1.82, 2.24) is 4.90 Å². The normalized spacial score (nSPS) is 27.2. The van der Waals surface area contributed by atoms with Gasteiger partial charge in [-0.2, -0.15) is 0 Å². The minimum atomic E-state index is -1.40. The molecule has 12 nitrogen and oxygen atoms in total. The number of amides is 1. The van der Waals surface area contributed by atoms with E-state index in [9.17, 15) is 30.0 Å². The molecule has 3 aliphatic heterocycles. The number of aliphatic hydroxyl groups excluding tert-OH is 1. The Kier molecular flexibility index (Phi) is 14.3. The molecule has 1 amide bonds. The zero-order chi connectivity index (χ0) is 42.7. The van der Waals surface area contributed by atoms with Crippen LogP contribution in [-0.4, -0.2) is 86.9 Å². The first-order valence-corrected chi connectivity index (χ1v) is 21.1. The van der Waals surface area contributed by atoms with Gasteiger partial charge in [0.1, 0.15) is 27.9 Å². The van der Waals surface area contributed by atoms with Crippen molar-refractivity contribution in [3.05, 3.63) is 57.8 Å². The van der Waals surface area contributed by atoms with Crippen molar-refractivity contribution < 1.29 is 39.5 Å². The Morgan fingerprint density at radius 1 is 1.03 bits per heavy atom. The third-order valence-corrected chi connectivity index (χ3v) is 11.7. The predicted octanol–water partition coefficient (Wildman–Crippen LogP) is 6.80. The second kappa shape index (κ2) is 18.4. The standard InChI is InChI=1S/C46H66N4O8/c1-11-57-43-31(8)40(53)36-35-34(43)33(52)19-14-12-13-18-32(51)30(7)42(58-45(9,10)56)29(6)24-27(4)16-15-17-28(5)44(55)47-39(41(36)54)38-37(35)48-46(49-38)20-22-50(23-21-46)25-26(2)3/h12,14-17,26-27,29-30,32,42,48,51,53-54,56H,11,13,18-25H2,1-10H3/b14-12+,16-15+,28-17-,47-39?/t27?,29-,30+,32?,42?/m1/s1. The van der Waals surface area contributed by atoms with E-state index in [1.165, 1.54) is 0 Å². The SMILES string of the molecule is CCOc1c(C)c(O)c2c(O)c3c4c(c2c1C(=O)C/C=C/CCC(O)[C@H](C)C(OC(C)(C)O)[C@H](C)CC(C)/C=C/C=C(/C)C(=O)N=3)NC1(CCN(CC(C)C)CC1)N=4. The molecular formula is C46H66N4O8. The fourth-order valence-electron chi connectivity index (χ4n) is 8.73. The first-order valence-electron chi connectivity index (χ1n) is 21.1.